The lowest BCUT2D eigenvalue weighted by atomic mass is 9.96. The molecule has 1 unspecified atom stereocenters. The van der Waals surface area contributed by atoms with Crippen molar-refractivity contribution in [2.45, 2.75) is 58.9 Å². The SMILES string of the molecule is CCCNC(c1sc(C)nc1C)C1CCCC1. The minimum Gasteiger partial charge on any atom is -0.309 e. The van der Waals surface area contributed by atoms with Gasteiger partial charge >= 0.3 is 0 Å². The Morgan fingerprint density at radius 3 is 2.59 bits per heavy atom. The monoisotopic (exact) mass is 252 g/mol. The maximum Gasteiger partial charge on any atom is 0.0900 e. The van der Waals surface area contributed by atoms with Gasteiger partial charge in [-0.05, 0) is 45.6 Å². The summed E-state index contributed by atoms with van der Waals surface area (Å²) in [6.45, 7) is 7.64. The van der Waals surface area contributed by atoms with Crippen molar-refractivity contribution in [3.8, 4) is 0 Å². The molecular weight excluding hydrogens is 228 g/mol. The predicted octanol–water partition coefficient (Wildman–Crippen LogP) is 3.99. The second kappa shape index (κ2) is 5.96. The van der Waals surface area contributed by atoms with Gasteiger partial charge in [-0.2, -0.15) is 0 Å². The second-order valence-electron chi connectivity index (χ2n) is 5.16. The van der Waals surface area contributed by atoms with E-state index in [9.17, 15) is 0 Å². The van der Waals surface area contributed by atoms with Gasteiger partial charge in [-0.25, -0.2) is 4.98 Å². The highest BCUT2D eigenvalue weighted by Gasteiger charge is 2.28. The highest BCUT2D eigenvalue weighted by Crippen LogP contribution is 2.38. The van der Waals surface area contributed by atoms with Crippen molar-refractivity contribution in [2.24, 2.45) is 5.92 Å². The van der Waals surface area contributed by atoms with Crippen molar-refractivity contribution < 1.29 is 0 Å². The summed E-state index contributed by atoms with van der Waals surface area (Å²) in [7, 11) is 0. The van der Waals surface area contributed by atoms with Crippen LogP contribution in [0.15, 0.2) is 0 Å². The molecule has 1 saturated carbocycles. The van der Waals surface area contributed by atoms with Gasteiger partial charge < -0.3 is 5.32 Å². The Bertz CT molecular complexity index is 353. The molecule has 2 nitrogen and oxygen atoms in total. The van der Waals surface area contributed by atoms with Crippen LogP contribution >= 0.6 is 11.3 Å². The van der Waals surface area contributed by atoms with Crippen molar-refractivity contribution in [1.29, 1.82) is 0 Å². The van der Waals surface area contributed by atoms with E-state index in [1.165, 1.54) is 47.7 Å². The Labute approximate surface area is 109 Å². The van der Waals surface area contributed by atoms with Crippen molar-refractivity contribution >= 4 is 11.3 Å². The number of aromatic nitrogens is 1. The van der Waals surface area contributed by atoms with E-state index in [2.05, 4.69) is 31.1 Å². The van der Waals surface area contributed by atoms with E-state index in [0.29, 0.717) is 6.04 Å². The molecular formula is C14H24N2S. The fourth-order valence-corrected chi connectivity index (χ4v) is 4.00. The topological polar surface area (TPSA) is 24.9 Å². The summed E-state index contributed by atoms with van der Waals surface area (Å²) in [4.78, 5) is 6.08. The minimum absolute atomic E-state index is 0.559. The predicted molar refractivity (Wildman–Crippen MR) is 74.6 cm³/mol. The maximum atomic E-state index is 4.59. The number of thiazole rings is 1. The molecule has 1 aliphatic carbocycles. The van der Waals surface area contributed by atoms with Crippen molar-refractivity contribution in [3.63, 3.8) is 0 Å². The zero-order valence-corrected chi connectivity index (χ0v) is 12.1. The lowest BCUT2D eigenvalue weighted by Crippen LogP contribution is -2.27. The minimum atomic E-state index is 0.559. The summed E-state index contributed by atoms with van der Waals surface area (Å²) in [6, 6.07) is 0.559. The molecule has 1 aromatic heterocycles. The first kappa shape index (κ1) is 13.0. The number of nitrogens with one attached hydrogen (secondary N) is 1. The van der Waals surface area contributed by atoms with E-state index in [1.807, 2.05) is 11.3 Å². The first-order valence-corrected chi connectivity index (χ1v) is 7.71. The van der Waals surface area contributed by atoms with Gasteiger partial charge in [0.05, 0.1) is 10.7 Å². The average molecular weight is 252 g/mol. The van der Waals surface area contributed by atoms with Gasteiger partial charge in [-0.1, -0.05) is 19.8 Å². The summed E-state index contributed by atoms with van der Waals surface area (Å²) >= 11 is 1.89. The third-order valence-electron chi connectivity index (χ3n) is 3.71. The summed E-state index contributed by atoms with van der Waals surface area (Å²) in [5, 5.41) is 4.96. The number of nitrogens with zero attached hydrogens (tertiary/aromatic N) is 1. The first-order chi connectivity index (χ1) is 8.22. The van der Waals surface area contributed by atoms with Crippen LogP contribution in [-0.4, -0.2) is 11.5 Å². The van der Waals surface area contributed by atoms with Crippen LogP contribution in [0.25, 0.3) is 0 Å². The molecule has 0 radical (unpaired) electrons. The highest BCUT2D eigenvalue weighted by molar-refractivity contribution is 7.11. The molecule has 1 aliphatic rings. The van der Waals surface area contributed by atoms with E-state index >= 15 is 0 Å². The van der Waals surface area contributed by atoms with Gasteiger partial charge in [0, 0.05) is 10.9 Å². The highest BCUT2D eigenvalue weighted by atomic mass is 32.1. The molecule has 1 heterocycles. The molecule has 1 aromatic rings. The van der Waals surface area contributed by atoms with Gasteiger partial charge in [0.15, 0.2) is 0 Å². The quantitative estimate of drug-likeness (QED) is 0.857. The van der Waals surface area contributed by atoms with Crippen LogP contribution in [0.1, 0.15) is 60.6 Å². The Morgan fingerprint density at radius 2 is 2.06 bits per heavy atom. The Balaban J connectivity index is 2.16. The van der Waals surface area contributed by atoms with Gasteiger partial charge in [-0.3, -0.25) is 0 Å². The van der Waals surface area contributed by atoms with Crippen molar-refractivity contribution in [2.75, 3.05) is 6.54 Å². The molecule has 0 aliphatic heterocycles. The molecule has 0 saturated heterocycles. The van der Waals surface area contributed by atoms with Gasteiger partial charge in [0.1, 0.15) is 0 Å². The molecule has 0 spiro atoms. The summed E-state index contributed by atoms with van der Waals surface area (Å²) in [5.41, 5.74) is 1.24. The maximum absolute atomic E-state index is 4.59. The van der Waals surface area contributed by atoms with Crippen LogP contribution < -0.4 is 5.32 Å². The number of aryl methyl sites for hydroxylation is 2. The van der Waals surface area contributed by atoms with Crippen LogP contribution in [0.2, 0.25) is 0 Å². The zero-order valence-electron chi connectivity index (χ0n) is 11.3. The molecule has 17 heavy (non-hydrogen) atoms. The third kappa shape index (κ3) is 3.08. The number of hydrogen-bond acceptors (Lipinski definition) is 3. The smallest absolute Gasteiger partial charge is 0.0900 e. The van der Waals surface area contributed by atoms with Crippen LogP contribution in [0.4, 0.5) is 0 Å². The van der Waals surface area contributed by atoms with Gasteiger partial charge in [0.2, 0.25) is 0 Å². The summed E-state index contributed by atoms with van der Waals surface area (Å²) in [6.07, 6.45) is 6.80. The van der Waals surface area contributed by atoms with Crippen molar-refractivity contribution in [3.05, 3.63) is 15.6 Å². The lowest BCUT2D eigenvalue weighted by Gasteiger charge is -2.24. The largest absolute Gasteiger partial charge is 0.309 e. The lowest BCUT2D eigenvalue weighted by molar-refractivity contribution is 0.371. The molecule has 3 heteroatoms. The first-order valence-electron chi connectivity index (χ1n) is 6.89. The summed E-state index contributed by atoms with van der Waals surface area (Å²) < 4.78 is 0. The Hall–Kier alpha value is -0.410. The third-order valence-corrected chi connectivity index (χ3v) is 4.86. The van der Waals surface area contributed by atoms with E-state index in [0.717, 1.165) is 12.5 Å². The molecule has 0 amide bonds. The van der Waals surface area contributed by atoms with Crippen LogP contribution in [0, 0.1) is 19.8 Å². The number of hydrogen-bond donors (Lipinski definition) is 1. The Morgan fingerprint density at radius 1 is 1.35 bits per heavy atom. The fraction of sp³-hybridized carbons (Fsp3) is 0.786. The molecule has 2 rings (SSSR count). The van der Waals surface area contributed by atoms with Gasteiger partial charge in [0.25, 0.3) is 0 Å². The zero-order chi connectivity index (χ0) is 12.3. The van der Waals surface area contributed by atoms with E-state index in [-0.39, 0.29) is 0 Å². The van der Waals surface area contributed by atoms with E-state index in [1.54, 1.807) is 0 Å². The standard InChI is InChI=1S/C14H24N2S/c1-4-9-15-13(12-7-5-6-8-12)14-10(2)16-11(3)17-14/h12-13,15H,4-9H2,1-3H3. The normalized spacial score (nSPS) is 18.8. The fourth-order valence-electron chi connectivity index (χ4n) is 2.90. The molecule has 0 aromatic carbocycles. The van der Waals surface area contributed by atoms with E-state index < -0.39 is 0 Å². The number of rotatable bonds is 5. The summed E-state index contributed by atoms with van der Waals surface area (Å²) in [5.74, 6) is 0.833. The van der Waals surface area contributed by atoms with E-state index in [4.69, 9.17) is 0 Å². The average Bonchev–Trinajstić information content (AvgIpc) is 2.90. The second-order valence-corrected chi connectivity index (χ2v) is 6.39. The molecule has 96 valence electrons. The van der Waals surface area contributed by atoms with Crippen LogP contribution in [-0.2, 0) is 0 Å². The van der Waals surface area contributed by atoms with Crippen LogP contribution in [0.5, 0.6) is 0 Å². The van der Waals surface area contributed by atoms with Crippen LogP contribution in [0.3, 0.4) is 0 Å². The van der Waals surface area contributed by atoms with Crippen molar-refractivity contribution in [1.82, 2.24) is 10.3 Å². The molecule has 1 atom stereocenters. The molecule has 0 bridgehead atoms. The molecule has 1 N–H and O–H groups in total. The Kier molecular flexibility index (Phi) is 4.57. The van der Waals surface area contributed by atoms with Gasteiger partial charge in [-0.15, -0.1) is 11.3 Å². The molecule has 1 fully saturated rings.